The lowest BCUT2D eigenvalue weighted by molar-refractivity contribution is 0.0253. The maximum absolute atomic E-state index is 11.3. The average Bonchev–Trinajstić information content (AvgIpc) is 2.95. The number of esters is 1. The number of morpholine rings is 1. The Morgan fingerprint density at radius 3 is 3.05 bits per heavy atom. The predicted octanol–water partition coefficient (Wildman–Crippen LogP) is 1.02. The third-order valence-corrected chi connectivity index (χ3v) is 3.81. The predicted molar refractivity (Wildman–Crippen MR) is 68.1 cm³/mol. The van der Waals surface area contributed by atoms with Crippen LogP contribution >= 0.6 is 0 Å². The third-order valence-electron chi connectivity index (χ3n) is 3.81. The monoisotopic (exact) mass is 263 g/mol. The lowest BCUT2D eigenvalue weighted by atomic mass is 10.1. The first kappa shape index (κ1) is 12.3. The zero-order chi connectivity index (χ0) is 13.2. The van der Waals surface area contributed by atoms with Gasteiger partial charge in [-0.05, 0) is 19.3 Å². The number of hydrogen-bond donors (Lipinski definition) is 0. The van der Waals surface area contributed by atoms with Gasteiger partial charge >= 0.3 is 5.97 Å². The molecule has 1 aliphatic carbocycles. The zero-order valence-corrected chi connectivity index (χ0v) is 10.9. The molecule has 0 spiro atoms. The Kier molecular flexibility index (Phi) is 3.33. The molecule has 6 heteroatoms. The molecular formula is C13H17N3O3. The van der Waals surface area contributed by atoms with Crippen molar-refractivity contribution in [3.63, 3.8) is 0 Å². The van der Waals surface area contributed by atoms with E-state index in [9.17, 15) is 4.79 Å². The summed E-state index contributed by atoms with van der Waals surface area (Å²) in [6, 6.07) is 0.395. The van der Waals surface area contributed by atoms with Crippen molar-refractivity contribution >= 4 is 11.8 Å². The van der Waals surface area contributed by atoms with Crippen LogP contribution in [0.2, 0.25) is 0 Å². The molecule has 0 bridgehead atoms. The van der Waals surface area contributed by atoms with Crippen molar-refractivity contribution in [2.75, 3.05) is 25.2 Å². The smallest absolute Gasteiger partial charge is 0.358 e. The number of anilines is 1. The van der Waals surface area contributed by atoms with Crippen molar-refractivity contribution < 1.29 is 14.3 Å². The van der Waals surface area contributed by atoms with Gasteiger partial charge in [0.25, 0.3) is 0 Å². The summed E-state index contributed by atoms with van der Waals surface area (Å²) in [5.41, 5.74) is 0.238. The highest BCUT2D eigenvalue weighted by molar-refractivity contribution is 5.86. The van der Waals surface area contributed by atoms with Crippen LogP contribution in [0.5, 0.6) is 0 Å². The molecule has 0 amide bonds. The van der Waals surface area contributed by atoms with Crippen LogP contribution in [0.15, 0.2) is 12.4 Å². The molecule has 1 saturated carbocycles. The molecule has 19 heavy (non-hydrogen) atoms. The summed E-state index contributed by atoms with van der Waals surface area (Å²) in [7, 11) is 1.34. The summed E-state index contributed by atoms with van der Waals surface area (Å²) >= 11 is 0. The summed E-state index contributed by atoms with van der Waals surface area (Å²) in [5.74, 6) is 0.354. The van der Waals surface area contributed by atoms with Gasteiger partial charge in [0.05, 0.1) is 38.3 Å². The molecule has 2 atom stereocenters. The molecule has 102 valence electrons. The minimum Gasteiger partial charge on any atom is -0.464 e. The highest BCUT2D eigenvalue weighted by atomic mass is 16.5. The standard InChI is InChI=1S/C13H17N3O3/c1-18-13(17)9-7-15-12(8-14-9)16-5-6-19-11-4-2-3-10(11)16/h7-8,10-11H,2-6H2,1H3. The van der Waals surface area contributed by atoms with Crippen LogP contribution in [0.3, 0.4) is 0 Å². The number of carbonyl (C=O) groups excluding carboxylic acids is 1. The fourth-order valence-corrected chi connectivity index (χ4v) is 2.89. The number of fused-ring (bicyclic) bond motifs is 1. The molecule has 2 unspecified atom stereocenters. The fraction of sp³-hybridized carbons (Fsp3) is 0.615. The Labute approximate surface area is 111 Å². The van der Waals surface area contributed by atoms with Crippen LogP contribution in [0, 0.1) is 0 Å². The van der Waals surface area contributed by atoms with Gasteiger partial charge < -0.3 is 14.4 Å². The summed E-state index contributed by atoms with van der Waals surface area (Å²) in [6.45, 7) is 1.55. The van der Waals surface area contributed by atoms with Gasteiger partial charge in [0, 0.05) is 6.54 Å². The van der Waals surface area contributed by atoms with Gasteiger partial charge in [-0.15, -0.1) is 0 Å². The summed E-state index contributed by atoms with van der Waals surface area (Å²) < 4.78 is 10.4. The molecule has 2 heterocycles. The van der Waals surface area contributed by atoms with E-state index in [1.54, 1.807) is 6.20 Å². The summed E-state index contributed by atoms with van der Waals surface area (Å²) in [6.07, 6.45) is 6.88. The molecule has 1 saturated heterocycles. The van der Waals surface area contributed by atoms with Crippen LogP contribution in [-0.4, -0.2) is 48.3 Å². The summed E-state index contributed by atoms with van der Waals surface area (Å²) in [4.78, 5) is 22.0. The minimum atomic E-state index is -0.459. The Morgan fingerprint density at radius 2 is 2.32 bits per heavy atom. The van der Waals surface area contributed by atoms with Crippen LogP contribution in [-0.2, 0) is 9.47 Å². The number of methoxy groups -OCH3 is 1. The molecule has 0 aromatic carbocycles. The Bertz CT molecular complexity index is 463. The first-order valence-electron chi connectivity index (χ1n) is 6.58. The molecule has 3 rings (SSSR count). The second-order valence-corrected chi connectivity index (χ2v) is 4.85. The van der Waals surface area contributed by atoms with E-state index in [1.165, 1.54) is 19.7 Å². The first-order chi connectivity index (χ1) is 9.29. The van der Waals surface area contributed by atoms with Gasteiger partial charge in [0.2, 0.25) is 0 Å². The van der Waals surface area contributed by atoms with Crippen molar-refractivity contribution in [1.29, 1.82) is 0 Å². The van der Waals surface area contributed by atoms with Crippen molar-refractivity contribution in [2.45, 2.75) is 31.4 Å². The van der Waals surface area contributed by atoms with Gasteiger partial charge in [0.15, 0.2) is 5.69 Å². The first-order valence-corrected chi connectivity index (χ1v) is 6.58. The van der Waals surface area contributed by atoms with E-state index in [4.69, 9.17) is 4.74 Å². The lowest BCUT2D eigenvalue weighted by Gasteiger charge is -2.38. The van der Waals surface area contributed by atoms with E-state index >= 15 is 0 Å². The Hall–Kier alpha value is -1.69. The van der Waals surface area contributed by atoms with E-state index in [2.05, 4.69) is 19.6 Å². The topological polar surface area (TPSA) is 64.5 Å². The van der Waals surface area contributed by atoms with E-state index < -0.39 is 5.97 Å². The third kappa shape index (κ3) is 2.28. The van der Waals surface area contributed by atoms with Crippen molar-refractivity contribution in [1.82, 2.24) is 9.97 Å². The number of rotatable bonds is 2. The molecular weight excluding hydrogens is 246 g/mol. The molecule has 6 nitrogen and oxygen atoms in total. The number of carbonyl (C=O) groups is 1. The van der Waals surface area contributed by atoms with E-state index in [0.29, 0.717) is 12.1 Å². The largest absolute Gasteiger partial charge is 0.464 e. The maximum Gasteiger partial charge on any atom is 0.358 e. The Balaban J connectivity index is 1.79. The quantitative estimate of drug-likeness (QED) is 0.742. The fourth-order valence-electron chi connectivity index (χ4n) is 2.89. The number of aromatic nitrogens is 2. The molecule has 0 N–H and O–H groups in total. The molecule has 0 radical (unpaired) electrons. The van der Waals surface area contributed by atoms with Gasteiger partial charge in [-0.1, -0.05) is 0 Å². The van der Waals surface area contributed by atoms with Gasteiger partial charge in [0.1, 0.15) is 5.82 Å². The van der Waals surface area contributed by atoms with E-state index in [-0.39, 0.29) is 5.69 Å². The van der Waals surface area contributed by atoms with Crippen LogP contribution < -0.4 is 4.90 Å². The van der Waals surface area contributed by atoms with Crippen LogP contribution in [0.25, 0.3) is 0 Å². The van der Waals surface area contributed by atoms with Crippen LogP contribution in [0.1, 0.15) is 29.8 Å². The second kappa shape index (κ2) is 5.13. The number of nitrogens with zero attached hydrogens (tertiary/aromatic N) is 3. The Morgan fingerprint density at radius 1 is 1.42 bits per heavy atom. The molecule has 1 aromatic heterocycles. The SMILES string of the molecule is COC(=O)c1cnc(N2CCOC3CCCC32)cn1. The van der Waals surface area contributed by atoms with Crippen molar-refractivity contribution in [3.8, 4) is 0 Å². The number of ether oxygens (including phenoxy) is 2. The normalized spacial score (nSPS) is 26.1. The average molecular weight is 263 g/mol. The number of hydrogen-bond acceptors (Lipinski definition) is 6. The summed E-state index contributed by atoms with van der Waals surface area (Å²) in [5, 5.41) is 0. The lowest BCUT2D eigenvalue weighted by Crippen LogP contribution is -2.49. The van der Waals surface area contributed by atoms with Gasteiger partial charge in [-0.25, -0.2) is 14.8 Å². The molecule has 2 fully saturated rings. The van der Waals surface area contributed by atoms with E-state index in [0.717, 1.165) is 31.8 Å². The van der Waals surface area contributed by atoms with Crippen LogP contribution in [0.4, 0.5) is 5.82 Å². The minimum absolute atomic E-state index is 0.238. The molecule has 1 aliphatic heterocycles. The van der Waals surface area contributed by atoms with Crippen molar-refractivity contribution in [2.24, 2.45) is 0 Å². The van der Waals surface area contributed by atoms with Gasteiger partial charge in [-0.3, -0.25) is 0 Å². The highest BCUT2D eigenvalue weighted by Gasteiger charge is 2.36. The van der Waals surface area contributed by atoms with Crippen molar-refractivity contribution in [3.05, 3.63) is 18.1 Å². The van der Waals surface area contributed by atoms with E-state index in [1.807, 2.05) is 0 Å². The highest BCUT2D eigenvalue weighted by Crippen LogP contribution is 2.31. The molecule has 1 aromatic rings. The second-order valence-electron chi connectivity index (χ2n) is 4.85. The van der Waals surface area contributed by atoms with Gasteiger partial charge in [-0.2, -0.15) is 0 Å². The molecule has 2 aliphatic rings. The zero-order valence-electron chi connectivity index (χ0n) is 10.9. The maximum atomic E-state index is 11.3.